The van der Waals surface area contributed by atoms with Crippen LogP contribution in [-0.4, -0.2) is 21.4 Å². The van der Waals surface area contributed by atoms with Gasteiger partial charge in [-0.2, -0.15) is 0 Å². The van der Waals surface area contributed by atoms with Gasteiger partial charge in [-0.3, -0.25) is 0 Å². The second kappa shape index (κ2) is 5.88. The minimum absolute atomic E-state index is 0.0266. The monoisotopic (exact) mass is 293 g/mol. The van der Waals surface area contributed by atoms with Gasteiger partial charge < -0.3 is 5.32 Å². The zero-order valence-corrected chi connectivity index (χ0v) is 13.0. The van der Waals surface area contributed by atoms with Crippen molar-refractivity contribution in [2.24, 2.45) is 5.92 Å². The summed E-state index contributed by atoms with van der Waals surface area (Å²) in [4.78, 5) is 8.98. The smallest absolute Gasteiger partial charge is 0.133 e. The van der Waals surface area contributed by atoms with E-state index in [-0.39, 0.29) is 5.54 Å². The maximum absolute atomic E-state index is 6.33. The Bertz CT molecular complexity index is 477. The Labute approximate surface area is 126 Å². The molecule has 0 aromatic carbocycles. The summed E-state index contributed by atoms with van der Waals surface area (Å²) in [7, 11) is 0. The van der Waals surface area contributed by atoms with Crippen molar-refractivity contribution in [3.63, 3.8) is 0 Å². The molecule has 20 heavy (non-hydrogen) atoms. The van der Waals surface area contributed by atoms with Crippen LogP contribution >= 0.6 is 11.6 Å². The zero-order chi connectivity index (χ0) is 14.0. The van der Waals surface area contributed by atoms with Gasteiger partial charge in [0.05, 0.1) is 5.54 Å². The minimum atomic E-state index is 0.0266. The molecule has 1 N–H and O–H groups in total. The van der Waals surface area contributed by atoms with Crippen molar-refractivity contribution >= 4 is 17.4 Å². The number of nitrogens with zero attached hydrogens (tertiary/aromatic N) is 2. The van der Waals surface area contributed by atoms with Gasteiger partial charge in [0.15, 0.2) is 0 Å². The van der Waals surface area contributed by atoms with Gasteiger partial charge in [-0.25, -0.2) is 9.97 Å². The summed E-state index contributed by atoms with van der Waals surface area (Å²) in [6.45, 7) is 2.33. The first-order chi connectivity index (χ1) is 9.72. The van der Waals surface area contributed by atoms with Gasteiger partial charge in [-0.05, 0) is 44.4 Å². The molecule has 3 nitrogen and oxygen atoms in total. The third kappa shape index (κ3) is 2.78. The summed E-state index contributed by atoms with van der Waals surface area (Å²) >= 11 is 6.33. The van der Waals surface area contributed by atoms with Crippen molar-refractivity contribution in [2.45, 2.75) is 63.8 Å². The van der Waals surface area contributed by atoms with Crippen LogP contribution in [0.3, 0.4) is 0 Å². The van der Waals surface area contributed by atoms with Crippen molar-refractivity contribution in [2.75, 3.05) is 11.2 Å². The fourth-order valence-electron chi connectivity index (χ4n) is 3.81. The van der Waals surface area contributed by atoms with E-state index in [0.717, 1.165) is 37.4 Å². The van der Waals surface area contributed by atoms with Gasteiger partial charge in [-0.1, -0.05) is 19.8 Å². The summed E-state index contributed by atoms with van der Waals surface area (Å²) in [6, 6.07) is 0. The molecule has 1 heterocycles. The average molecular weight is 294 g/mol. The lowest BCUT2D eigenvalue weighted by Gasteiger charge is -2.40. The maximum atomic E-state index is 6.33. The van der Waals surface area contributed by atoms with E-state index in [1.165, 1.54) is 36.9 Å². The summed E-state index contributed by atoms with van der Waals surface area (Å²) in [5, 5.41) is 3.72. The topological polar surface area (TPSA) is 37.8 Å². The van der Waals surface area contributed by atoms with Gasteiger partial charge in [0.1, 0.15) is 12.1 Å². The highest BCUT2D eigenvalue weighted by molar-refractivity contribution is 6.18. The Morgan fingerprint density at radius 3 is 2.95 bits per heavy atom. The van der Waals surface area contributed by atoms with Crippen molar-refractivity contribution in [3.05, 3.63) is 17.6 Å². The molecule has 1 aromatic heterocycles. The highest BCUT2D eigenvalue weighted by atomic mass is 35.5. The minimum Gasteiger partial charge on any atom is -0.363 e. The third-order valence-electron chi connectivity index (χ3n) is 4.86. The van der Waals surface area contributed by atoms with Gasteiger partial charge in [0, 0.05) is 17.1 Å². The molecule has 0 aliphatic heterocycles. The van der Waals surface area contributed by atoms with Crippen LogP contribution in [0.5, 0.6) is 0 Å². The molecule has 1 aromatic rings. The third-order valence-corrected chi connectivity index (χ3v) is 5.37. The number of aryl methyl sites for hydroxylation is 1. The number of nitrogens with one attached hydrogen (secondary N) is 1. The molecule has 0 bridgehead atoms. The SMILES string of the molecule is CC1CCCC(CCl)(Nc2ncnc3c2CCCC3)C1. The van der Waals surface area contributed by atoms with E-state index < -0.39 is 0 Å². The molecule has 3 rings (SSSR count). The lowest BCUT2D eigenvalue weighted by molar-refractivity contribution is 0.279. The van der Waals surface area contributed by atoms with Crippen LogP contribution in [0.4, 0.5) is 5.82 Å². The van der Waals surface area contributed by atoms with Crippen molar-refractivity contribution in [1.29, 1.82) is 0 Å². The van der Waals surface area contributed by atoms with Crippen LogP contribution in [0.15, 0.2) is 6.33 Å². The molecule has 0 amide bonds. The number of halogens is 1. The summed E-state index contributed by atoms with van der Waals surface area (Å²) in [5.41, 5.74) is 2.60. The zero-order valence-electron chi connectivity index (χ0n) is 12.3. The van der Waals surface area contributed by atoms with Gasteiger partial charge in [0.2, 0.25) is 0 Å². The quantitative estimate of drug-likeness (QED) is 0.857. The van der Waals surface area contributed by atoms with E-state index >= 15 is 0 Å². The number of hydrogen-bond acceptors (Lipinski definition) is 3. The fraction of sp³-hybridized carbons (Fsp3) is 0.750. The first-order valence-electron chi connectivity index (χ1n) is 7.89. The second-order valence-corrected chi connectivity index (χ2v) is 6.86. The van der Waals surface area contributed by atoms with Crippen molar-refractivity contribution < 1.29 is 0 Å². The standard InChI is InChI=1S/C16H24ClN3/c1-12-5-4-8-16(9-12,10-17)20-15-13-6-2-3-7-14(13)18-11-19-15/h11-12H,2-10H2,1H3,(H,18,19,20). The number of hydrogen-bond donors (Lipinski definition) is 1. The normalized spacial score (nSPS) is 29.8. The van der Waals surface area contributed by atoms with Crippen molar-refractivity contribution in [1.82, 2.24) is 9.97 Å². The Morgan fingerprint density at radius 2 is 2.15 bits per heavy atom. The molecule has 2 aliphatic rings. The summed E-state index contributed by atoms with van der Waals surface area (Å²) in [6.07, 6.45) is 11.3. The Balaban J connectivity index is 1.86. The van der Waals surface area contributed by atoms with Crippen molar-refractivity contribution in [3.8, 4) is 0 Å². The predicted molar refractivity (Wildman–Crippen MR) is 83.4 cm³/mol. The summed E-state index contributed by atoms with van der Waals surface area (Å²) in [5.74, 6) is 2.45. The number of fused-ring (bicyclic) bond motifs is 1. The number of rotatable bonds is 3. The molecule has 2 aliphatic carbocycles. The van der Waals surface area contributed by atoms with Crippen LogP contribution in [0, 0.1) is 5.92 Å². The molecule has 1 fully saturated rings. The lowest BCUT2D eigenvalue weighted by Crippen LogP contribution is -2.45. The van der Waals surface area contributed by atoms with Gasteiger partial charge in [0.25, 0.3) is 0 Å². The van der Waals surface area contributed by atoms with Crippen LogP contribution in [0.1, 0.15) is 56.7 Å². The molecule has 0 radical (unpaired) electrons. The first kappa shape index (κ1) is 14.1. The largest absolute Gasteiger partial charge is 0.363 e. The molecule has 0 spiro atoms. The molecule has 110 valence electrons. The average Bonchev–Trinajstić information content (AvgIpc) is 2.48. The van der Waals surface area contributed by atoms with Crippen LogP contribution < -0.4 is 5.32 Å². The number of anilines is 1. The number of alkyl halides is 1. The van der Waals surface area contributed by atoms with Gasteiger partial charge >= 0.3 is 0 Å². The van der Waals surface area contributed by atoms with E-state index in [1.54, 1.807) is 6.33 Å². The molecular formula is C16H24ClN3. The van der Waals surface area contributed by atoms with Crippen LogP contribution in [0.25, 0.3) is 0 Å². The van der Waals surface area contributed by atoms with E-state index in [0.29, 0.717) is 5.88 Å². The second-order valence-electron chi connectivity index (χ2n) is 6.60. The lowest BCUT2D eigenvalue weighted by atomic mass is 9.77. The van der Waals surface area contributed by atoms with Crippen LogP contribution in [-0.2, 0) is 12.8 Å². The Morgan fingerprint density at radius 1 is 1.30 bits per heavy atom. The molecule has 4 heteroatoms. The predicted octanol–water partition coefficient (Wildman–Crippen LogP) is 3.96. The van der Waals surface area contributed by atoms with E-state index in [9.17, 15) is 0 Å². The van der Waals surface area contributed by atoms with Crippen LogP contribution in [0.2, 0.25) is 0 Å². The van der Waals surface area contributed by atoms with E-state index in [4.69, 9.17) is 11.6 Å². The van der Waals surface area contributed by atoms with E-state index in [1.807, 2.05) is 0 Å². The van der Waals surface area contributed by atoms with E-state index in [2.05, 4.69) is 22.2 Å². The highest BCUT2D eigenvalue weighted by Crippen LogP contribution is 2.37. The molecule has 0 saturated heterocycles. The van der Waals surface area contributed by atoms with Gasteiger partial charge in [-0.15, -0.1) is 11.6 Å². The maximum Gasteiger partial charge on any atom is 0.133 e. The molecular weight excluding hydrogens is 270 g/mol. The Kier molecular flexibility index (Phi) is 4.16. The number of aromatic nitrogens is 2. The highest BCUT2D eigenvalue weighted by Gasteiger charge is 2.35. The fourth-order valence-corrected chi connectivity index (χ4v) is 4.12. The first-order valence-corrected chi connectivity index (χ1v) is 8.43. The molecule has 1 saturated carbocycles. The summed E-state index contributed by atoms with van der Waals surface area (Å²) < 4.78 is 0. The molecule has 2 unspecified atom stereocenters. The Hall–Kier alpha value is -0.830. The molecule has 2 atom stereocenters.